The molecule has 2 N–H and O–H groups in total. The minimum Gasteiger partial charge on any atom is -0.497 e. The molecule has 116 valence electrons. The van der Waals surface area contributed by atoms with Crippen LogP contribution in [0.3, 0.4) is 0 Å². The molecule has 21 heavy (non-hydrogen) atoms. The third-order valence-corrected chi connectivity index (χ3v) is 2.97. The topological polar surface area (TPSA) is 84.9 Å². The van der Waals surface area contributed by atoms with Gasteiger partial charge in [0, 0.05) is 0 Å². The minimum atomic E-state index is -1.33. The summed E-state index contributed by atoms with van der Waals surface area (Å²) in [6, 6.07) is 7.31. The summed E-state index contributed by atoms with van der Waals surface area (Å²) >= 11 is 0. The van der Waals surface area contributed by atoms with E-state index in [2.05, 4.69) is 5.32 Å². The van der Waals surface area contributed by atoms with Gasteiger partial charge >= 0.3 is 5.97 Å². The Kier molecular flexibility index (Phi) is 5.72. The highest BCUT2D eigenvalue weighted by atomic mass is 16.5. The number of nitrogens with one attached hydrogen (secondary N) is 1. The maximum atomic E-state index is 11.9. The molecule has 0 aliphatic rings. The molecule has 6 heteroatoms. The number of hydrogen-bond donors (Lipinski definition) is 2. The molecule has 0 bridgehead atoms. The molecule has 0 aliphatic heterocycles. The first-order valence-electron chi connectivity index (χ1n) is 6.56. The first kappa shape index (κ1) is 17.0. The summed E-state index contributed by atoms with van der Waals surface area (Å²) in [6.07, 6.45) is -0.755. The number of aliphatic carboxylic acids is 1. The number of carboxylic acid groups (broad SMARTS) is 1. The van der Waals surface area contributed by atoms with E-state index in [0.717, 1.165) is 5.56 Å². The van der Waals surface area contributed by atoms with Gasteiger partial charge in [-0.3, -0.25) is 4.79 Å². The van der Waals surface area contributed by atoms with Crippen LogP contribution >= 0.6 is 0 Å². The van der Waals surface area contributed by atoms with Gasteiger partial charge in [0.2, 0.25) is 5.91 Å². The predicted octanol–water partition coefficient (Wildman–Crippen LogP) is 1.58. The van der Waals surface area contributed by atoms with Gasteiger partial charge in [0.25, 0.3) is 0 Å². The van der Waals surface area contributed by atoms with Crippen molar-refractivity contribution in [2.24, 2.45) is 0 Å². The van der Waals surface area contributed by atoms with Crippen LogP contribution in [-0.4, -0.2) is 35.7 Å². The molecular formula is C15H21NO5. The van der Waals surface area contributed by atoms with Crippen molar-refractivity contribution in [1.82, 2.24) is 5.32 Å². The molecule has 0 aliphatic carbocycles. The highest BCUT2D eigenvalue weighted by Crippen LogP contribution is 2.14. The van der Waals surface area contributed by atoms with Crippen LogP contribution < -0.4 is 10.1 Å². The average Bonchev–Trinajstić information content (AvgIpc) is 2.44. The summed E-state index contributed by atoms with van der Waals surface area (Å²) in [6.45, 7) is 4.65. The molecule has 1 rings (SSSR count). The largest absolute Gasteiger partial charge is 0.497 e. The molecule has 0 fully saturated rings. The Balaban J connectivity index is 2.55. The van der Waals surface area contributed by atoms with Gasteiger partial charge in [0.05, 0.1) is 13.7 Å². The molecule has 6 nitrogen and oxygen atoms in total. The quantitative estimate of drug-likeness (QED) is 0.797. The third-order valence-electron chi connectivity index (χ3n) is 2.97. The van der Waals surface area contributed by atoms with E-state index in [-0.39, 0.29) is 6.61 Å². The van der Waals surface area contributed by atoms with E-state index in [9.17, 15) is 9.59 Å². The van der Waals surface area contributed by atoms with Crippen molar-refractivity contribution >= 4 is 11.9 Å². The number of ether oxygens (including phenoxy) is 2. The van der Waals surface area contributed by atoms with Crippen molar-refractivity contribution in [3.05, 3.63) is 29.8 Å². The van der Waals surface area contributed by atoms with Gasteiger partial charge in [-0.25, -0.2) is 4.79 Å². The molecule has 1 amide bonds. The number of hydrogen-bond acceptors (Lipinski definition) is 4. The number of methoxy groups -OCH3 is 1. The zero-order chi connectivity index (χ0) is 16.0. The molecule has 0 radical (unpaired) electrons. The second-order valence-electron chi connectivity index (χ2n) is 5.22. The Hall–Kier alpha value is -2.08. The fourth-order valence-corrected chi connectivity index (χ4v) is 1.52. The smallest absolute Gasteiger partial charge is 0.328 e. The monoisotopic (exact) mass is 295 g/mol. The zero-order valence-electron chi connectivity index (χ0n) is 12.7. The lowest BCUT2D eigenvalue weighted by Crippen LogP contribution is -2.52. The Morgan fingerprint density at radius 2 is 2.05 bits per heavy atom. The summed E-state index contributed by atoms with van der Waals surface area (Å²) in [7, 11) is 1.57. The maximum absolute atomic E-state index is 11.9. The SMILES string of the molecule is COc1cccc(COC(C)C(=O)NC(C)(C)C(=O)O)c1. The fourth-order valence-electron chi connectivity index (χ4n) is 1.52. The molecule has 0 aromatic heterocycles. The highest BCUT2D eigenvalue weighted by molar-refractivity contribution is 5.88. The molecule has 1 aromatic carbocycles. The van der Waals surface area contributed by atoms with E-state index < -0.39 is 23.5 Å². The zero-order valence-corrected chi connectivity index (χ0v) is 12.7. The second-order valence-corrected chi connectivity index (χ2v) is 5.22. The Bertz CT molecular complexity index is 513. The van der Waals surface area contributed by atoms with Gasteiger partial charge in [-0.05, 0) is 38.5 Å². The first-order valence-corrected chi connectivity index (χ1v) is 6.56. The predicted molar refractivity (Wildman–Crippen MR) is 77.1 cm³/mol. The van der Waals surface area contributed by atoms with E-state index in [1.165, 1.54) is 13.8 Å². The molecule has 0 heterocycles. The maximum Gasteiger partial charge on any atom is 0.328 e. The Morgan fingerprint density at radius 3 is 2.62 bits per heavy atom. The van der Waals surface area contributed by atoms with Crippen LogP contribution in [0.15, 0.2) is 24.3 Å². The average molecular weight is 295 g/mol. The third kappa shape index (κ3) is 5.07. The van der Waals surface area contributed by atoms with Crippen LogP contribution in [0.25, 0.3) is 0 Å². The lowest BCUT2D eigenvalue weighted by atomic mass is 10.1. The van der Waals surface area contributed by atoms with Crippen LogP contribution in [0.1, 0.15) is 26.3 Å². The van der Waals surface area contributed by atoms with Gasteiger partial charge in [0.1, 0.15) is 17.4 Å². The number of amides is 1. The molecule has 0 saturated carbocycles. The van der Waals surface area contributed by atoms with Crippen molar-refractivity contribution in [3.63, 3.8) is 0 Å². The van der Waals surface area contributed by atoms with Crippen LogP contribution in [0.4, 0.5) is 0 Å². The van der Waals surface area contributed by atoms with Crippen LogP contribution in [0, 0.1) is 0 Å². The fraction of sp³-hybridized carbons (Fsp3) is 0.467. The highest BCUT2D eigenvalue weighted by Gasteiger charge is 2.30. The molecule has 0 spiro atoms. The molecular weight excluding hydrogens is 274 g/mol. The van der Waals surface area contributed by atoms with Crippen molar-refractivity contribution in [2.75, 3.05) is 7.11 Å². The van der Waals surface area contributed by atoms with E-state index in [1.807, 2.05) is 24.3 Å². The van der Waals surface area contributed by atoms with E-state index >= 15 is 0 Å². The molecule has 1 atom stereocenters. The number of carbonyl (C=O) groups excluding carboxylic acids is 1. The van der Waals surface area contributed by atoms with Crippen molar-refractivity contribution < 1.29 is 24.2 Å². The molecule has 1 unspecified atom stereocenters. The van der Waals surface area contributed by atoms with Gasteiger partial charge in [0.15, 0.2) is 0 Å². The Labute approximate surface area is 124 Å². The second kappa shape index (κ2) is 7.08. The summed E-state index contributed by atoms with van der Waals surface area (Å²) in [5.41, 5.74) is -0.462. The standard InChI is InChI=1S/C15H21NO5/c1-10(13(17)16-15(2,3)14(18)19)21-9-11-6-5-7-12(8-11)20-4/h5-8,10H,9H2,1-4H3,(H,16,17)(H,18,19). The molecule has 0 saturated heterocycles. The number of carboxylic acids is 1. The lowest BCUT2D eigenvalue weighted by molar-refractivity contribution is -0.148. The summed E-state index contributed by atoms with van der Waals surface area (Å²) in [5, 5.41) is 11.4. The van der Waals surface area contributed by atoms with E-state index in [0.29, 0.717) is 5.75 Å². The minimum absolute atomic E-state index is 0.235. The Morgan fingerprint density at radius 1 is 1.38 bits per heavy atom. The normalized spacial score (nSPS) is 12.6. The van der Waals surface area contributed by atoms with Gasteiger partial charge in [-0.1, -0.05) is 12.1 Å². The van der Waals surface area contributed by atoms with E-state index in [1.54, 1.807) is 14.0 Å². The van der Waals surface area contributed by atoms with Crippen LogP contribution in [0.5, 0.6) is 5.75 Å². The molecule has 1 aromatic rings. The summed E-state index contributed by atoms with van der Waals surface area (Å²) in [4.78, 5) is 22.8. The van der Waals surface area contributed by atoms with E-state index in [4.69, 9.17) is 14.6 Å². The van der Waals surface area contributed by atoms with Gasteiger partial charge < -0.3 is 19.9 Å². The summed E-state index contributed by atoms with van der Waals surface area (Å²) in [5.74, 6) is -0.860. The van der Waals surface area contributed by atoms with Gasteiger partial charge in [-0.15, -0.1) is 0 Å². The first-order chi connectivity index (χ1) is 9.76. The van der Waals surface area contributed by atoms with Crippen molar-refractivity contribution in [3.8, 4) is 5.75 Å². The summed E-state index contributed by atoms with van der Waals surface area (Å²) < 4.78 is 10.6. The van der Waals surface area contributed by atoms with Crippen LogP contribution in [0.2, 0.25) is 0 Å². The number of rotatable bonds is 7. The van der Waals surface area contributed by atoms with Gasteiger partial charge in [-0.2, -0.15) is 0 Å². The van der Waals surface area contributed by atoms with Crippen LogP contribution in [-0.2, 0) is 20.9 Å². The lowest BCUT2D eigenvalue weighted by Gasteiger charge is -2.23. The van der Waals surface area contributed by atoms with Crippen molar-refractivity contribution in [1.29, 1.82) is 0 Å². The number of benzene rings is 1. The van der Waals surface area contributed by atoms with Crippen molar-refractivity contribution in [2.45, 2.75) is 39.0 Å². The number of carbonyl (C=O) groups is 2.